The van der Waals surface area contributed by atoms with Crippen molar-refractivity contribution in [2.75, 3.05) is 37.7 Å². The van der Waals surface area contributed by atoms with Crippen molar-refractivity contribution in [3.05, 3.63) is 35.4 Å². The molecule has 0 spiro atoms. The number of amides is 1. The Morgan fingerprint density at radius 3 is 2.38 bits per heavy atom. The van der Waals surface area contributed by atoms with Crippen LogP contribution >= 0.6 is 0 Å². The van der Waals surface area contributed by atoms with Gasteiger partial charge in [-0.15, -0.1) is 0 Å². The summed E-state index contributed by atoms with van der Waals surface area (Å²) in [5.41, 5.74) is 2.14. The van der Waals surface area contributed by atoms with E-state index in [1.807, 2.05) is 37.3 Å². The van der Waals surface area contributed by atoms with Crippen LogP contribution in [-0.2, 0) is 9.53 Å². The Bertz CT molecular complexity index is 597. The SMILES string of the molecule is CCCN(CCC)c1ccc(/C=C(\C#N)C(=O)NCCCOCC)cc1. The molecule has 0 saturated heterocycles. The van der Waals surface area contributed by atoms with Gasteiger partial charge in [-0.3, -0.25) is 4.79 Å². The maximum Gasteiger partial charge on any atom is 0.261 e. The minimum atomic E-state index is -0.341. The van der Waals surface area contributed by atoms with E-state index in [1.54, 1.807) is 6.08 Å². The molecule has 0 atom stereocenters. The predicted molar refractivity (Wildman–Crippen MR) is 107 cm³/mol. The number of nitrogens with one attached hydrogen (secondary N) is 1. The van der Waals surface area contributed by atoms with Crippen LogP contribution in [0.4, 0.5) is 5.69 Å². The number of benzene rings is 1. The zero-order chi connectivity index (χ0) is 19.2. The molecule has 0 aliphatic rings. The lowest BCUT2D eigenvalue weighted by molar-refractivity contribution is -0.117. The van der Waals surface area contributed by atoms with Crippen LogP contribution in [0.3, 0.4) is 0 Å². The Kier molecular flexibility index (Phi) is 10.8. The minimum absolute atomic E-state index is 0.119. The lowest BCUT2D eigenvalue weighted by atomic mass is 10.1. The molecule has 26 heavy (non-hydrogen) atoms. The lowest BCUT2D eigenvalue weighted by Crippen LogP contribution is -2.26. The highest BCUT2D eigenvalue weighted by Crippen LogP contribution is 2.17. The fraction of sp³-hybridized carbons (Fsp3) is 0.524. The largest absolute Gasteiger partial charge is 0.382 e. The maximum atomic E-state index is 12.1. The van der Waals surface area contributed by atoms with Gasteiger partial charge in [0, 0.05) is 38.5 Å². The number of hydrogen-bond donors (Lipinski definition) is 1. The molecule has 0 fully saturated rings. The Labute approximate surface area is 157 Å². The van der Waals surface area contributed by atoms with E-state index in [4.69, 9.17) is 4.74 Å². The van der Waals surface area contributed by atoms with Crippen molar-refractivity contribution in [3.8, 4) is 6.07 Å². The molecule has 5 heteroatoms. The molecule has 0 radical (unpaired) electrons. The zero-order valence-corrected chi connectivity index (χ0v) is 16.3. The van der Waals surface area contributed by atoms with Gasteiger partial charge in [0.05, 0.1) is 0 Å². The molecular formula is C21H31N3O2. The van der Waals surface area contributed by atoms with E-state index < -0.39 is 0 Å². The standard InChI is InChI=1S/C21H31N3O2/c1-4-13-24(14-5-2)20-10-8-18(9-11-20)16-19(17-22)21(25)23-12-7-15-26-6-3/h8-11,16H,4-7,12-15H2,1-3H3,(H,23,25)/b19-16+. The van der Waals surface area contributed by atoms with Gasteiger partial charge in [-0.2, -0.15) is 5.26 Å². The van der Waals surface area contributed by atoms with Gasteiger partial charge in [0.1, 0.15) is 11.6 Å². The number of hydrogen-bond acceptors (Lipinski definition) is 4. The summed E-state index contributed by atoms with van der Waals surface area (Å²) in [4.78, 5) is 14.5. The van der Waals surface area contributed by atoms with Crippen molar-refractivity contribution >= 4 is 17.7 Å². The van der Waals surface area contributed by atoms with E-state index in [-0.39, 0.29) is 11.5 Å². The first-order chi connectivity index (χ1) is 12.7. The number of carbonyl (C=O) groups excluding carboxylic acids is 1. The van der Waals surface area contributed by atoms with E-state index in [0.717, 1.165) is 37.9 Å². The van der Waals surface area contributed by atoms with Crippen LogP contribution in [0.1, 0.15) is 45.6 Å². The molecule has 0 aromatic heterocycles. The number of nitrogens with zero attached hydrogens (tertiary/aromatic N) is 2. The van der Waals surface area contributed by atoms with Gasteiger partial charge in [-0.1, -0.05) is 26.0 Å². The summed E-state index contributed by atoms with van der Waals surface area (Å²) in [6.07, 6.45) is 4.57. The second-order valence-corrected chi connectivity index (χ2v) is 6.05. The number of carbonyl (C=O) groups is 1. The highest BCUT2D eigenvalue weighted by atomic mass is 16.5. The van der Waals surface area contributed by atoms with Gasteiger partial charge in [0.15, 0.2) is 0 Å². The molecule has 0 saturated carbocycles. The summed E-state index contributed by atoms with van der Waals surface area (Å²) < 4.78 is 5.23. The quantitative estimate of drug-likeness (QED) is 0.351. The average molecular weight is 357 g/mol. The maximum absolute atomic E-state index is 12.1. The predicted octanol–water partition coefficient (Wildman–Crippen LogP) is 3.76. The monoisotopic (exact) mass is 357 g/mol. The van der Waals surface area contributed by atoms with Crippen LogP contribution in [0.15, 0.2) is 29.8 Å². The summed E-state index contributed by atoms with van der Waals surface area (Å²) in [7, 11) is 0. The van der Waals surface area contributed by atoms with Gasteiger partial charge in [0.25, 0.3) is 5.91 Å². The summed E-state index contributed by atoms with van der Waals surface area (Å²) in [5.74, 6) is -0.341. The van der Waals surface area contributed by atoms with E-state index in [9.17, 15) is 10.1 Å². The van der Waals surface area contributed by atoms with E-state index in [2.05, 4.69) is 24.1 Å². The third-order valence-electron chi connectivity index (χ3n) is 3.88. The average Bonchev–Trinajstić information content (AvgIpc) is 2.66. The molecule has 142 valence electrons. The molecular weight excluding hydrogens is 326 g/mol. The molecule has 1 aromatic rings. The van der Waals surface area contributed by atoms with Crippen LogP contribution < -0.4 is 10.2 Å². The Hall–Kier alpha value is -2.32. The first-order valence-corrected chi connectivity index (χ1v) is 9.48. The molecule has 5 nitrogen and oxygen atoms in total. The van der Waals surface area contributed by atoms with Crippen molar-refractivity contribution < 1.29 is 9.53 Å². The van der Waals surface area contributed by atoms with Crippen molar-refractivity contribution in [1.29, 1.82) is 5.26 Å². The van der Waals surface area contributed by atoms with Gasteiger partial charge in [-0.25, -0.2) is 0 Å². The fourth-order valence-electron chi connectivity index (χ4n) is 2.62. The molecule has 0 aliphatic heterocycles. The third-order valence-corrected chi connectivity index (χ3v) is 3.88. The Morgan fingerprint density at radius 1 is 1.19 bits per heavy atom. The molecule has 1 rings (SSSR count). The zero-order valence-electron chi connectivity index (χ0n) is 16.3. The number of nitriles is 1. The Balaban J connectivity index is 2.70. The molecule has 0 heterocycles. The van der Waals surface area contributed by atoms with Crippen molar-refractivity contribution in [2.24, 2.45) is 0 Å². The van der Waals surface area contributed by atoms with Gasteiger partial charge in [-0.05, 0) is 50.0 Å². The van der Waals surface area contributed by atoms with Crippen LogP contribution in [0.25, 0.3) is 6.08 Å². The highest BCUT2D eigenvalue weighted by Gasteiger charge is 2.09. The summed E-state index contributed by atoms with van der Waals surface area (Å²) in [6.45, 7) is 10.1. The van der Waals surface area contributed by atoms with Crippen LogP contribution in [0.2, 0.25) is 0 Å². The molecule has 1 aromatic carbocycles. The number of ether oxygens (including phenoxy) is 1. The van der Waals surface area contributed by atoms with Crippen molar-refractivity contribution in [2.45, 2.75) is 40.0 Å². The second-order valence-electron chi connectivity index (χ2n) is 6.05. The van der Waals surface area contributed by atoms with Gasteiger partial charge >= 0.3 is 0 Å². The highest BCUT2D eigenvalue weighted by molar-refractivity contribution is 6.01. The van der Waals surface area contributed by atoms with Gasteiger partial charge in [0.2, 0.25) is 0 Å². The molecule has 0 bridgehead atoms. The lowest BCUT2D eigenvalue weighted by Gasteiger charge is -2.23. The first kappa shape index (κ1) is 21.7. The topological polar surface area (TPSA) is 65.4 Å². The minimum Gasteiger partial charge on any atom is -0.382 e. The van der Waals surface area contributed by atoms with Gasteiger partial charge < -0.3 is 15.0 Å². The van der Waals surface area contributed by atoms with Crippen molar-refractivity contribution in [3.63, 3.8) is 0 Å². The van der Waals surface area contributed by atoms with E-state index in [1.165, 1.54) is 5.69 Å². The summed E-state index contributed by atoms with van der Waals surface area (Å²) in [6, 6.07) is 9.99. The van der Waals surface area contributed by atoms with E-state index in [0.29, 0.717) is 19.8 Å². The fourth-order valence-corrected chi connectivity index (χ4v) is 2.62. The molecule has 1 amide bonds. The second kappa shape index (κ2) is 13.0. The number of rotatable bonds is 12. The van der Waals surface area contributed by atoms with Crippen LogP contribution in [0, 0.1) is 11.3 Å². The molecule has 1 N–H and O–H groups in total. The van der Waals surface area contributed by atoms with Crippen molar-refractivity contribution in [1.82, 2.24) is 5.32 Å². The van der Waals surface area contributed by atoms with E-state index >= 15 is 0 Å². The Morgan fingerprint density at radius 2 is 1.85 bits per heavy atom. The third kappa shape index (κ3) is 7.71. The first-order valence-electron chi connectivity index (χ1n) is 9.48. The normalized spacial score (nSPS) is 11.1. The molecule has 0 unspecified atom stereocenters. The summed E-state index contributed by atoms with van der Waals surface area (Å²) in [5, 5.41) is 12.0. The smallest absolute Gasteiger partial charge is 0.261 e. The van der Waals surface area contributed by atoms with Crippen LogP contribution in [0.5, 0.6) is 0 Å². The number of anilines is 1. The molecule has 0 aliphatic carbocycles. The summed E-state index contributed by atoms with van der Waals surface area (Å²) >= 11 is 0. The van der Waals surface area contributed by atoms with Crippen LogP contribution in [-0.4, -0.2) is 38.8 Å².